The van der Waals surface area contributed by atoms with Crippen molar-refractivity contribution in [2.75, 3.05) is 17.5 Å². The molecule has 4 aromatic rings. The first-order chi connectivity index (χ1) is 19.8. The Morgan fingerprint density at radius 3 is 2.27 bits per heavy atom. The van der Waals surface area contributed by atoms with Crippen molar-refractivity contribution in [1.29, 1.82) is 0 Å². The van der Waals surface area contributed by atoms with Crippen LogP contribution in [0.5, 0.6) is 5.75 Å². The number of aromatic nitrogens is 1. The zero-order valence-corrected chi connectivity index (χ0v) is 23.1. The lowest BCUT2D eigenvalue weighted by atomic mass is 10.1. The monoisotopic (exact) mass is 571 g/mol. The lowest BCUT2D eigenvalue weighted by Crippen LogP contribution is -2.39. The SMILES string of the molecule is CC(NC(=O)COc1ccc(/C=N/NC(=O)CN(c2cccnc2)S(=O)(=O)c2ccccc2)cc1)c1ccccc1. The molecule has 1 unspecified atom stereocenters. The van der Waals surface area contributed by atoms with E-state index >= 15 is 0 Å². The maximum absolute atomic E-state index is 13.3. The van der Waals surface area contributed by atoms with E-state index in [1.54, 1.807) is 54.6 Å². The smallest absolute Gasteiger partial charge is 0.264 e. The van der Waals surface area contributed by atoms with Gasteiger partial charge in [-0.1, -0.05) is 48.5 Å². The Kier molecular flexibility index (Phi) is 9.79. The Morgan fingerprint density at radius 1 is 0.927 bits per heavy atom. The van der Waals surface area contributed by atoms with Crippen molar-refractivity contribution in [2.45, 2.75) is 17.9 Å². The van der Waals surface area contributed by atoms with Crippen LogP contribution >= 0.6 is 0 Å². The highest BCUT2D eigenvalue weighted by atomic mass is 32.2. The molecule has 3 aromatic carbocycles. The molecular weight excluding hydrogens is 542 g/mol. The molecule has 0 bridgehead atoms. The number of nitrogens with one attached hydrogen (secondary N) is 2. The molecule has 2 amide bonds. The third-order valence-corrected chi connectivity index (χ3v) is 7.67. The maximum atomic E-state index is 13.3. The first kappa shape index (κ1) is 29.0. The van der Waals surface area contributed by atoms with Gasteiger partial charge in [-0.25, -0.2) is 13.8 Å². The normalized spacial score (nSPS) is 11.9. The number of anilines is 1. The summed E-state index contributed by atoms with van der Waals surface area (Å²) < 4.78 is 33.0. The van der Waals surface area contributed by atoms with Gasteiger partial charge in [0.1, 0.15) is 12.3 Å². The molecule has 41 heavy (non-hydrogen) atoms. The minimum absolute atomic E-state index is 0.0469. The summed E-state index contributed by atoms with van der Waals surface area (Å²) in [4.78, 5) is 28.9. The quantitative estimate of drug-likeness (QED) is 0.197. The van der Waals surface area contributed by atoms with Crippen LogP contribution in [0.3, 0.4) is 0 Å². The van der Waals surface area contributed by atoms with Crippen molar-refractivity contribution in [3.8, 4) is 5.75 Å². The Morgan fingerprint density at radius 2 is 1.61 bits per heavy atom. The van der Waals surface area contributed by atoms with Crippen LogP contribution in [0, 0.1) is 0 Å². The van der Waals surface area contributed by atoms with E-state index in [1.165, 1.54) is 30.7 Å². The zero-order chi connectivity index (χ0) is 29.1. The largest absolute Gasteiger partial charge is 0.484 e. The Hall–Kier alpha value is -5.03. The predicted octanol–water partition coefficient (Wildman–Crippen LogP) is 3.68. The predicted molar refractivity (Wildman–Crippen MR) is 156 cm³/mol. The second-order valence-corrected chi connectivity index (χ2v) is 10.7. The summed E-state index contributed by atoms with van der Waals surface area (Å²) in [5.41, 5.74) is 4.26. The molecule has 0 fully saturated rings. The average molecular weight is 572 g/mol. The Balaban J connectivity index is 1.30. The average Bonchev–Trinajstić information content (AvgIpc) is 3.00. The van der Waals surface area contributed by atoms with Crippen molar-refractivity contribution in [1.82, 2.24) is 15.7 Å². The van der Waals surface area contributed by atoms with Gasteiger partial charge in [-0.3, -0.25) is 18.9 Å². The van der Waals surface area contributed by atoms with Crippen molar-refractivity contribution >= 4 is 33.7 Å². The fourth-order valence-corrected chi connectivity index (χ4v) is 5.22. The van der Waals surface area contributed by atoms with Crippen LogP contribution in [0.4, 0.5) is 5.69 Å². The molecule has 0 aliphatic heterocycles. The van der Waals surface area contributed by atoms with Crippen molar-refractivity contribution in [3.05, 3.63) is 121 Å². The fraction of sp³-hybridized carbons (Fsp3) is 0.133. The van der Waals surface area contributed by atoms with Crippen LogP contribution in [0.2, 0.25) is 0 Å². The molecule has 0 aliphatic rings. The van der Waals surface area contributed by atoms with Gasteiger partial charge in [0.2, 0.25) is 0 Å². The highest BCUT2D eigenvalue weighted by Crippen LogP contribution is 2.22. The van der Waals surface area contributed by atoms with Crippen LogP contribution in [0.15, 0.2) is 119 Å². The topological polar surface area (TPSA) is 130 Å². The van der Waals surface area contributed by atoms with Gasteiger partial charge in [-0.2, -0.15) is 5.10 Å². The van der Waals surface area contributed by atoms with E-state index in [-0.39, 0.29) is 29.1 Å². The summed E-state index contributed by atoms with van der Waals surface area (Å²) in [7, 11) is -4.03. The number of hydrogen-bond donors (Lipinski definition) is 2. The number of hydrazone groups is 1. The third-order valence-electron chi connectivity index (χ3n) is 5.88. The highest BCUT2D eigenvalue weighted by molar-refractivity contribution is 7.92. The summed E-state index contributed by atoms with van der Waals surface area (Å²) >= 11 is 0. The second kappa shape index (κ2) is 13.9. The van der Waals surface area contributed by atoms with E-state index < -0.39 is 22.5 Å². The molecule has 1 heterocycles. The van der Waals surface area contributed by atoms with Crippen LogP contribution in [-0.4, -0.2) is 44.6 Å². The number of ether oxygens (including phenoxy) is 1. The molecule has 1 atom stereocenters. The van der Waals surface area contributed by atoms with E-state index in [2.05, 4.69) is 20.8 Å². The molecule has 4 rings (SSSR count). The molecule has 11 heteroatoms. The number of pyridine rings is 1. The number of benzene rings is 3. The maximum Gasteiger partial charge on any atom is 0.264 e. The van der Waals surface area contributed by atoms with Crippen LogP contribution in [0.25, 0.3) is 0 Å². The van der Waals surface area contributed by atoms with Crippen LogP contribution < -0.4 is 19.8 Å². The van der Waals surface area contributed by atoms with Crippen molar-refractivity contribution in [2.24, 2.45) is 5.10 Å². The fourth-order valence-electron chi connectivity index (χ4n) is 3.79. The number of amides is 2. The summed E-state index contributed by atoms with van der Waals surface area (Å²) in [5.74, 6) is -0.392. The van der Waals surface area contributed by atoms with Crippen molar-refractivity contribution < 1.29 is 22.7 Å². The van der Waals surface area contributed by atoms with Gasteiger partial charge in [-0.15, -0.1) is 0 Å². The molecule has 0 aliphatic carbocycles. The Bertz CT molecular complexity index is 1570. The summed E-state index contributed by atoms with van der Waals surface area (Å²) in [6.45, 7) is 1.26. The van der Waals surface area contributed by atoms with Gasteiger partial charge in [0.15, 0.2) is 6.61 Å². The van der Waals surface area contributed by atoms with E-state index in [9.17, 15) is 18.0 Å². The van der Waals surface area contributed by atoms with E-state index in [4.69, 9.17) is 4.74 Å². The third kappa shape index (κ3) is 8.23. The van der Waals surface area contributed by atoms with E-state index in [0.29, 0.717) is 11.3 Å². The first-order valence-corrected chi connectivity index (χ1v) is 14.1. The van der Waals surface area contributed by atoms with E-state index in [0.717, 1.165) is 9.87 Å². The minimum Gasteiger partial charge on any atom is -0.484 e. The van der Waals surface area contributed by atoms with E-state index in [1.807, 2.05) is 37.3 Å². The molecule has 0 saturated heterocycles. The standard InChI is InChI=1S/C30H29N5O5S/c1-23(25-9-4-2-5-10-25)33-30(37)22-40-27-16-14-24(15-17-27)19-32-34-29(36)21-35(26-11-8-18-31-20-26)41(38,39)28-12-6-3-7-13-28/h2-20,23H,21-22H2,1H3,(H,33,37)(H,34,36)/b32-19+. The lowest BCUT2D eigenvalue weighted by Gasteiger charge is -2.23. The molecule has 1 aromatic heterocycles. The molecule has 10 nitrogen and oxygen atoms in total. The van der Waals surface area contributed by atoms with Gasteiger partial charge in [0.25, 0.3) is 21.8 Å². The number of carbonyl (C=O) groups is 2. The molecule has 2 N–H and O–H groups in total. The number of nitrogens with zero attached hydrogens (tertiary/aromatic N) is 3. The van der Waals surface area contributed by atoms with Gasteiger partial charge in [-0.05, 0) is 66.6 Å². The number of hydrogen-bond acceptors (Lipinski definition) is 7. The summed E-state index contributed by atoms with van der Waals surface area (Å²) in [6, 6.07) is 27.2. The molecule has 210 valence electrons. The van der Waals surface area contributed by atoms with Crippen LogP contribution in [0.1, 0.15) is 24.1 Å². The number of rotatable bonds is 12. The number of carbonyl (C=O) groups excluding carboxylic acids is 2. The Labute approximate surface area is 238 Å². The highest BCUT2D eigenvalue weighted by Gasteiger charge is 2.27. The summed E-state index contributed by atoms with van der Waals surface area (Å²) in [6.07, 6.45) is 4.29. The summed E-state index contributed by atoms with van der Waals surface area (Å²) in [5, 5.41) is 6.83. The first-order valence-electron chi connectivity index (χ1n) is 12.7. The number of sulfonamides is 1. The lowest BCUT2D eigenvalue weighted by molar-refractivity contribution is -0.123. The zero-order valence-electron chi connectivity index (χ0n) is 22.3. The van der Waals surface area contributed by atoms with Crippen LogP contribution in [-0.2, 0) is 19.6 Å². The molecule has 0 saturated carbocycles. The van der Waals surface area contributed by atoms with Gasteiger partial charge in [0, 0.05) is 6.20 Å². The van der Waals surface area contributed by atoms with Gasteiger partial charge in [0.05, 0.1) is 29.0 Å². The molecule has 0 spiro atoms. The van der Waals surface area contributed by atoms with Gasteiger partial charge < -0.3 is 10.1 Å². The van der Waals surface area contributed by atoms with Crippen molar-refractivity contribution in [3.63, 3.8) is 0 Å². The van der Waals surface area contributed by atoms with Gasteiger partial charge >= 0.3 is 0 Å². The molecular formula is C30H29N5O5S. The minimum atomic E-state index is -4.03. The molecule has 0 radical (unpaired) electrons. The second-order valence-electron chi connectivity index (χ2n) is 8.89.